The van der Waals surface area contributed by atoms with Crippen molar-refractivity contribution in [1.29, 1.82) is 0 Å². The van der Waals surface area contributed by atoms with Crippen molar-refractivity contribution < 1.29 is 10.0 Å². The molecule has 1 fully saturated rings. The summed E-state index contributed by atoms with van der Waals surface area (Å²) >= 11 is 0. The maximum atomic E-state index is 12.6. The molecule has 1 saturated carbocycles. The van der Waals surface area contributed by atoms with Gasteiger partial charge in [0.1, 0.15) is 5.41 Å². The molecule has 0 saturated heterocycles. The first-order valence-corrected chi connectivity index (χ1v) is 7.82. The van der Waals surface area contributed by atoms with Crippen LogP contribution in [0, 0.1) is 5.41 Å². The summed E-state index contributed by atoms with van der Waals surface area (Å²) in [4.78, 5) is 14.9. The van der Waals surface area contributed by atoms with E-state index in [1.807, 2.05) is 13.8 Å². The first-order chi connectivity index (χ1) is 9.88. The highest BCUT2D eigenvalue weighted by Gasteiger charge is 2.42. The number of nitrogens with two attached hydrogens (primary N) is 1. The molecule has 0 aromatic carbocycles. The van der Waals surface area contributed by atoms with E-state index >= 15 is 0 Å². The predicted molar refractivity (Wildman–Crippen MR) is 84.3 cm³/mol. The summed E-state index contributed by atoms with van der Waals surface area (Å²) in [6.07, 6.45) is 5.60. The summed E-state index contributed by atoms with van der Waals surface area (Å²) in [6, 6.07) is 0. The minimum absolute atomic E-state index is 0.00433. The van der Waals surface area contributed by atoms with Gasteiger partial charge in [-0.15, -0.1) is 0 Å². The van der Waals surface area contributed by atoms with Crippen molar-refractivity contribution in [2.45, 2.75) is 57.9 Å². The van der Waals surface area contributed by atoms with Gasteiger partial charge in [-0.2, -0.15) is 0 Å². The number of oxime groups is 1. The predicted octanol–water partition coefficient (Wildman–Crippen LogP) is 1.53. The monoisotopic (exact) mass is 298 g/mol. The van der Waals surface area contributed by atoms with E-state index in [-0.39, 0.29) is 17.3 Å². The number of carbonyl (C=O) groups is 1. The van der Waals surface area contributed by atoms with Crippen LogP contribution in [-0.4, -0.2) is 48.0 Å². The Bertz CT molecular complexity index is 383. The van der Waals surface area contributed by atoms with E-state index in [0.717, 1.165) is 12.8 Å². The van der Waals surface area contributed by atoms with Crippen LogP contribution in [0.4, 0.5) is 0 Å². The van der Waals surface area contributed by atoms with Gasteiger partial charge in [0.05, 0.1) is 0 Å². The van der Waals surface area contributed by atoms with Crippen LogP contribution in [0.5, 0.6) is 0 Å². The van der Waals surface area contributed by atoms with Gasteiger partial charge in [0, 0.05) is 12.1 Å². The molecule has 122 valence electrons. The first-order valence-electron chi connectivity index (χ1n) is 7.82. The molecule has 0 aromatic rings. The lowest BCUT2D eigenvalue weighted by atomic mass is 9.80. The van der Waals surface area contributed by atoms with Gasteiger partial charge < -0.3 is 21.2 Å². The van der Waals surface area contributed by atoms with Gasteiger partial charge in [-0.1, -0.05) is 31.8 Å². The van der Waals surface area contributed by atoms with Crippen LogP contribution in [0.3, 0.4) is 0 Å². The zero-order chi connectivity index (χ0) is 16.1. The molecular weight excluding hydrogens is 268 g/mol. The lowest BCUT2D eigenvalue weighted by Crippen LogP contribution is -2.55. The van der Waals surface area contributed by atoms with Crippen molar-refractivity contribution in [1.82, 2.24) is 10.2 Å². The number of nitrogens with one attached hydrogen (secondary N) is 1. The van der Waals surface area contributed by atoms with Crippen molar-refractivity contribution in [3.8, 4) is 0 Å². The van der Waals surface area contributed by atoms with Gasteiger partial charge >= 0.3 is 0 Å². The summed E-state index contributed by atoms with van der Waals surface area (Å²) in [6.45, 7) is 4.39. The second-order valence-corrected chi connectivity index (χ2v) is 6.28. The van der Waals surface area contributed by atoms with Crippen LogP contribution < -0.4 is 11.1 Å². The number of nitrogens with zero attached hydrogens (tertiary/aromatic N) is 2. The quantitative estimate of drug-likeness (QED) is 0.288. The first kappa shape index (κ1) is 17.8. The van der Waals surface area contributed by atoms with Gasteiger partial charge in [-0.05, 0) is 39.8 Å². The maximum Gasteiger partial charge on any atom is 0.233 e. The van der Waals surface area contributed by atoms with Gasteiger partial charge in [0.2, 0.25) is 5.91 Å². The summed E-state index contributed by atoms with van der Waals surface area (Å²) in [5.74, 6) is -0.147. The van der Waals surface area contributed by atoms with Gasteiger partial charge in [0.15, 0.2) is 5.84 Å². The highest BCUT2D eigenvalue weighted by molar-refractivity contribution is 6.06. The van der Waals surface area contributed by atoms with E-state index in [2.05, 4.69) is 29.5 Å². The SMILES string of the molecule is CCC(CC)(C(=O)NCC1(N(C)C)CCCC1)C(N)=NO. The van der Waals surface area contributed by atoms with E-state index in [1.165, 1.54) is 12.8 Å². The van der Waals surface area contributed by atoms with Crippen LogP contribution in [0.1, 0.15) is 52.4 Å². The normalized spacial score (nSPS) is 19.0. The van der Waals surface area contributed by atoms with Crippen LogP contribution in [0.25, 0.3) is 0 Å². The molecule has 0 heterocycles. The van der Waals surface area contributed by atoms with E-state index in [4.69, 9.17) is 10.9 Å². The molecule has 4 N–H and O–H groups in total. The van der Waals surface area contributed by atoms with Gasteiger partial charge in [-0.3, -0.25) is 4.79 Å². The van der Waals surface area contributed by atoms with Crippen LogP contribution >= 0.6 is 0 Å². The Morgan fingerprint density at radius 1 is 1.33 bits per heavy atom. The fraction of sp³-hybridized carbons (Fsp3) is 0.867. The number of carbonyl (C=O) groups excluding carboxylic acids is 1. The number of amidine groups is 1. The standard InChI is InChI=1S/C15H30N4O2/c1-5-15(6-2,12(16)18-21)13(20)17-11-14(19(3)4)9-7-8-10-14/h21H,5-11H2,1-4H3,(H2,16,18)(H,17,20). The molecule has 1 amide bonds. The van der Waals surface area contributed by atoms with Gasteiger partial charge in [-0.25, -0.2) is 0 Å². The molecule has 6 nitrogen and oxygen atoms in total. The molecule has 1 rings (SSSR count). The molecule has 0 bridgehead atoms. The number of rotatable bonds is 7. The Kier molecular flexibility index (Phi) is 6.01. The molecule has 1 aliphatic carbocycles. The molecule has 0 radical (unpaired) electrons. The van der Waals surface area contributed by atoms with E-state index < -0.39 is 5.41 Å². The molecule has 6 heteroatoms. The Balaban J connectivity index is 2.83. The molecule has 0 spiro atoms. The fourth-order valence-electron chi connectivity index (χ4n) is 3.37. The van der Waals surface area contributed by atoms with Crippen LogP contribution in [0.15, 0.2) is 5.16 Å². The Morgan fingerprint density at radius 2 is 1.86 bits per heavy atom. The second kappa shape index (κ2) is 7.11. The molecule has 0 aromatic heterocycles. The molecule has 0 unspecified atom stereocenters. The maximum absolute atomic E-state index is 12.6. The van der Waals surface area contributed by atoms with Gasteiger partial charge in [0.25, 0.3) is 0 Å². The lowest BCUT2D eigenvalue weighted by Gasteiger charge is -2.38. The van der Waals surface area contributed by atoms with E-state index in [0.29, 0.717) is 19.4 Å². The van der Waals surface area contributed by atoms with Crippen molar-refractivity contribution in [2.24, 2.45) is 16.3 Å². The smallest absolute Gasteiger partial charge is 0.233 e. The van der Waals surface area contributed by atoms with Crippen molar-refractivity contribution in [2.75, 3.05) is 20.6 Å². The number of hydrogen-bond donors (Lipinski definition) is 3. The van der Waals surface area contributed by atoms with Crippen LogP contribution in [-0.2, 0) is 4.79 Å². The molecule has 0 aliphatic heterocycles. The minimum Gasteiger partial charge on any atom is -0.409 e. The minimum atomic E-state index is -0.916. The zero-order valence-electron chi connectivity index (χ0n) is 13.8. The number of hydrogen-bond acceptors (Lipinski definition) is 4. The molecular formula is C15H30N4O2. The Morgan fingerprint density at radius 3 is 2.24 bits per heavy atom. The summed E-state index contributed by atoms with van der Waals surface area (Å²) in [7, 11) is 4.13. The fourth-order valence-corrected chi connectivity index (χ4v) is 3.37. The third-order valence-corrected chi connectivity index (χ3v) is 5.30. The summed E-state index contributed by atoms with van der Waals surface area (Å²) < 4.78 is 0. The van der Waals surface area contributed by atoms with Crippen molar-refractivity contribution in [3.05, 3.63) is 0 Å². The molecule has 1 aliphatic rings. The third kappa shape index (κ3) is 3.31. The zero-order valence-corrected chi connectivity index (χ0v) is 13.8. The second-order valence-electron chi connectivity index (χ2n) is 6.28. The largest absolute Gasteiger partial charge is 0.409 e. The van der Waals surface area contributed by atoms with E-state index in [1.54, 1.807) is 0 Å². The van der Waals surface area contributed by atoms with Crippen LogP contribution in [0.2, 0.25) is 0 Å². The van der Waals surface area contributed by atoms with Crippen molar-refractivity contribution in [3.63, 3.8) is 0 Å². The summed E-state index contributed by atoms with van der Waals surface area (Å²) in [5, 5.41) is 15.1. The number of likely N-dealkylation sites (N-methyl/N-ethyl adjacent to an activating group) is 1. The average molecular weight is 298 g/mol. The summed E-state index contributed by atoms with van der Waals surface area (Å²) in [5.41, 5.74) is 4.90. The molecule has 21 heavy (non-hydrogen) atoms. The highest BCUT2D eigenvalue weighted by Crippen LogP contribution is 2.34. The Labute approximate surface area is 127 Å². The van der Waals surface area contributed by atoms with E-state index in [9.17, 15) is 4.79 Å². The topological polar surface area (TPSA) is 91.0 Å². The van der Waals surface area contributed by atoms with Crippen molar-refractivity contribution >= 4 is 11.7 Å². The number of amides is 1. The lowest BCUT2D eigenvalue weighted by molar-refractivity contribution is -0.128. The third-order valence-electron chi connectivity index (χ3n) is 5.30. The molecule has 0 atom stereocenters. The Hall–Kier alpha value is -1.30. The average Bonchev–Trinajstić information content (AvgIpc) is 2.96. The highest BCUT2D eigenvalue weighted by atomic mass is 16.4.